The number of para-hydroxylation sites is 1. The second-order valence-electron chi connectivity index (χ2n) is 6.20. The van der Waals surface area contributed by atoms with Crippen LogP contribution in [-0.4, -0.2) is 25.3 Å². The number of nitrogens with zero attached hydrogens (tertiary/aromatic N) is 2. The number of hydrogen-bond acceptors (Lipinski definition) is 4. The van der Waals surface area contributed by atoms with Crippen molar-refractivity contribution in [2.75, 3.05) is 0 Å². The Hall–Kier alpha value is -2.80. The van der Waals surface area contributed by atoms with E-state index in [1.807, 2.05) is 55.9 Å². The molecule has 0 saturated heterocycles. The van der Waals surface area contributed by atoms with Crippen molar-refractivity contribution in [1.29, 1.82) is 0 Å². The molecule has 26 heavy (non-hydrogen) atoms. The molecular weight excluding hydrogens is 350 g/mol. The molecule has 0 saturated carbocycles. The van der Waals surface area contributed by atoms with Gasteiger partial charge in [-0.2, -0.15) is 13.5 Å². The van der Waals surface area contributed by atoms with Crippen LogP contribution in [0.4, 0.5) is 0 Å². The van der Waals surface area contributed by atoms with E-state index < -0.39 is 10.0 Å². The molecule has 0 amide bonds. The molecule has 1 N–H and O–H groups in total. The SMILES string of the molecule is CC(C)Oc1ccc(S(=O)(=O)N/N=C/c2cn(C)c3ccccc23)cc1. The van der Waals surface area contributed by atoms with Gasteiger partial charge < -0.3 is 9.30 Å². The topological polar surface area (TPSA) is 72.7 Å². The Bertz CT molecular complexity index is 1040. The molecule has 1 aromatic heterocycles. The third-order valence-electron chi connectivity index (χ3n) is 3.81. The zero-order chi connectivity index (χ0) is 18.7. The maximum absolute atomic E-state index is 12.4. The Morgan fingerprint density at radius 1 is 1.12 bits per heavy atom. The van der Waals surface area contributed by atoms with Crippen LogP contribution in [0.25, 0.3) is 10.9 Å². The fourth-order valence-corrected chi connectivity index (χ4v) is 3.45. The molecule has 0 aliphatic carbocycles. The number of benzene rings is 2. The molecule has 0 bridgehead atoms. The summed E-state index contributed by atoms with van der Waals surface area (Å²) in [5.74, 6) is 0.623. The first-order chi connectivity index (χ1) is 12.4. The third kappa shape index (κ3) is 3.88. The van der Waals surface area contributed by atoms with Gasteiger partial charge in [-0.25, -0.2) is 4.83 Å². The highest BCUT2D eigenvalue weighted by molar-refractivity contribution is 7.89. The van der Waals surface area contributed by atoms with Gasteiger partial charge in [0.15, 0.2) is 0 Å². The van der Waals surface area contributed by atoms with Gasteiger partial charge in [0.2, 0.25) is 0 Å². The minimum Gasteiger partial charge on any atom is -0.491 e. The molecule has 0 aliphatic rings. The average molecular weight is 371 g/mol. The van der Waals surface area contributed by atoms with Gasteiger partial charge in [-0.05, 0) is 44.2 Å². The molecule has 0 unspecified atom stereocenters. The molecule has 6 nitrogen and oxygen atoms in total. The number of ether oxygens (including phenoxy) is 1. The molecule has 1 heterocycles. The van der Waals surface area contributed by atoms with E-state index in [0.29, 0.717) is 5.75 Å². The quantitative estimate of drug-likeness (QED) is 0.534. The van der Waals surface area contributed by atoms with Gasteiger partial charge in [0.1, 0.15) is 5.75 Å². The van der Waals surface area contributed by atoms with Gasteiger partial charge in [0.25, 0.3) is 10.0 Å². The normalized spacial score (nSPS) is 12.2. The molecule has 2 aromatic carbocycles. The molecule has 3 rings (SSSR count). The molecular formula is C19H21N3O3S. The summed E-state index contributed by atoms with van der Waals surface area (Å²) in [4.78, 5) is 2.38. The van der Waals surface area contributed by atoms with Crippen LogP contribution in [0.3, 0.4) is 0 Å². The summed E-state index contributed by atoms with van der Waals surface area (Å²) < 4.78 is 32.2. The minimum absolute atomic E-state index is 0.0286. The Kier molecular flexibility index (Phi) is 4.99. The van der Waals surface area contributed by atoms with Gasteiger partial charge in [-0.15, -0.1) is 0 Å². The Morgan fingerprint density at radius 3 is 2.50 bits per heavy atom. The largest absolute Gasteiger partial charge is 0.491 e. The average Bonchev–Trinajstić information content (AvgIpc) is 2.91. The van der Waals surface area contributed by atoms with Gasteiger partial charge in [0.05, 0.1) is 17.2 Å². The lowest BCUT2D eigenvalue weighted by molar-refractivity contribution is 0.242. The van der Waals surface area contributed by atoms with Crippen LogP contribution in [0.2, 0.25) is 0 Å². The highest BCUT2D eigenvalue weighted by Gasteiger charge is 2.13. The zero-order valence-electron chi connectivity index (χ0n) is 14.9. The summed E-state index contributed by atoms with van der Waals surface area (Å²) in [6.07, 6.45) is 3.44. The number of sulfonamides is 1. The minimum atomic E-state index is -3.73. The van der Waals surface area contributed by atoms with Crippen LogP contribution in [0.5, 0.6) is 5.75 Å². The number of rotatable bonds is 6. The van der Waals surface area contributed by atoms with Crippen LogP contribution in [0.15, 0.2) is 64.7 Å². The monoisotopic (exact) mass is 371 g/mol. The first-order valence-electron chi connectivity index (χ1n) is 8.22. The molecule has 136 valence electrons. The maximum atomic E-state index is 12.4. The second-order valence-corrected chi connectivity index (χ2v) is 7.86. The first kappa shape index (κ1) is 18.0. The number of nitrogens with one attached hydrogen (secondary N) is 1. The van der Waals surface area contributed by atoms with Crippen molar-refractivity contribution in [3.63, 3.8) is 0 Å². The lowest BCUT2D eigenvalue weighted by Crippen LogP contribution is -2.18. The van der Waals surface area contributed by atoms with Gasteiger partial charge in [-0.3, -0.25) is 0 Å². The zero-order valence-corrected chi connectivity index (χ0v) is 15.7. The summed E-state index contributed by atoms with van der Waals surface area (Å²) in [5.41, 5.74) is 1.89. The van der Waals surface area contributed by atoms with Crippen LogP contribution in [0, 0.1) is 0 Å². The van der Waals surface area contributed by atoms with E-state index in [-0.39, 0.29) is 11.0 Å². The molecule has 0 aliphatic heterocycles. The lowest BCUT2D eigenvalue weighted by atomic mass is 10.2. The fraction of sp³-hybridized carbons (Fsp3) is 0.211. The van der Waals surface area contributed by atoms with Gasteiger partial charge in [-0.1, -0.05) is 18.2 Å². The van der Waals surface area contributed by atoms with E-state index in [1.54, 1.807) is 12.1 Å². The van der Waals surface area contributed by atoms with Crippen molar-refractivity contribution >= 4 is 27.1 Å². The molecule has 0 radical (unpaired) electrons. The number of hydrazone groups is 1. The highest BCUT2D eigenvalue weighted by Crippen LogP contribution is 2.19. The van der Waals surface area contributed by atoms with E-state index in [0.717, 1.165) is 16.5 Å². The predicted octanol–water partition coefficient (Wildman–Crippen LogP) is 3.28. The van der Waals surface area contributed by atoms with Gasteiger partial charge >= 0.3 is 0 Å². The number of fused-ring (bicyclic) bond motifs is 1. The van der Waals surface area contributed by atoms with E-state index >= 15 is 0 Å². The summed E-state index contributed by atoms with van der Waals surface area (Å²) in [5, 5.41) is 4.92. The lowest BCUT2D eigenvalue weighted by Gasteiger charge is -2.10. The molecule has 3 aromatic rings. The third-order valence-corrected chi connectivity index (χ3v) is 5.05. The van der Waals surface area contributed by atoms with Crippen molar-refractivity contribution in [3.05, 3.63) is 60.3 Å². The predicted molar refractivity (Wildman–Crippen MR) is 103 cm³/mol. The second kappa shape index (κ2) is 7.21. The van der Waals surface area contributed by atoms with Crippen molar-refractivity contribution in [2.24, 2.45) is 12.1 Å². The Labute approximate surface area is 153 Å². The molecule has 0 fully saturated rings. The van der Waals surface area contributed by atoms with Crippen LogP contribution >= 0.6 is 0 Å². The van der Waals surface area contributed by atoms with Crippen LogP contribution in [-0.2, 0) is 17.1 Å². The van der Waals surface area contributed by atoms with E-state index in [4.69, 9.17) is 4.74 Å². The van der Waals surface area contributed by atoms with Crippen molar-refractivity contribution in [1.82, 2.24) is 9.40 Å². The van der Waals surface area contributed by atoms with Crippen molar-refractivity contribution in [3.8, 4) is 5.75 Å². The first-order valence-corrected chi connectivity index (χ1v) is 9.71. The smallest absolute Gasteiger partial charge is 0.276 e. The Morgan fingerprint density at radius 2 is 1.81 bits per heavy atom. The van der Waals surface area contributed by atoms with E-state index in [2.05, 4.69) is 9.93 Å². The van der Waals surface area contributed by atoms with Gasteiger partial charge in [0, 0.05) is 29.7 Å². The highest BCUT2D eigenvalue weighted by atomic mass is 32.2. The molecule has 7 heteroatoms. The van der Waals surface area contributed by atoms with E-state index in [1.165, 1.54) is 18.3 Å². The summed E-state index contributed by atoms with van der Waals surface area (Å²) in [6.45, 7) is 3.82. The van der Waals surface area contributed by atoms with Crippen molar-refractivity contribution in [2.45, 2.75) is 24.8 Å². The molecule has 0 spiro atoms. The van der Waals surface area contributed by atoms with Crippen LogP contribution < -0.4 is 9.57 Å². The van der Waals surface area contributed by atoms with Crippen LogP contribution in [0.1, 0.15) is 19.4 Å². The maximum Gasteiger partial charge on any atom is 0.276 e. The fourth-order valence-electron chi connectivity index (χ4n) is 2.66. The molecule has 0 atom stereocenters. The number of aromatic nitrogens is 1. The van der Waals surface area contributed by atoms with Crippen molar-refractivity contribution < 1.29 is 13.2 Å². The Balaban J connectivity index is 1.76. The summed E-state index contributed by atoms with van der Waals surface area (Å²) in [6, 6.07) is 14.1. The summed E-state index contributed by atoms with van der Waals surface area (Å²) in [7, 11) is -1.80. The standard InChI is InChI=1S/C19H21N3O3S/c1-14(2)25-16-8-10-17(11-9-16)26(23,24)21-20-12-15-13-22(3)19-7-5-4-6-18(15)19/h4-14,21H,1-3H3/b20-12+. The van der Waals surface area contributed by atoms with E-state index in [9.17, 15) is 8.42 Å². The number of aryl methyl sites for hydroxylation is 1. The number of hydrogen-bond donors (Lipinski definition) is 1. The summed E-state index contributed by atoms with van der Waals surface area (Å²) >= 11 is 0.